The van der Waals surface area contributed by atoms with Crippen molar-refractivity contribution < 1.29 is 8.42 Å². The molecule has 0 N–H and O–H groups in total. The van der Waals surface area contributed by atoms with E-state index in [1.165, 1.54) is 12.1 Å². The fraction of sp³-hybridized carbons (Fsp3) is 0.125. The summed E-state index contributed by atoms with van der Waals surface area (Å²) in [6.07, 6.45) is 0.641. The molecule has 1 aromatic rings. The minimum absolute atomic E-state index is 0.126. The van der Waals surface area contributed by atoms with Gasteiger partial charge in [-0.1, -0.05) is 12.1 Å². The van der Waals surface area contributed by atoms with Gasteiger partial charge in [0, 0.05) is 10.7 Å². The van der Waals surface area contributed by atoms with Crippen LogP contribution in [-0.4, -0.2) is 8.42 Å². The van der Waals surface area contributed by atoms with Crippen LogP contribution in [-0.2, 0) is 15.5 Å². The molecule has 0 atom stereocenters. The first-order chi connectivity index (χ1) is 5.54. The van der Waals surface area contributed by atoms with Crippen LogP contribution in [0.25, 0.3) is 0 Å². The smallest absolute Gasteiger partial charge is 0.207 e. The lowest BCUT2D eigenvalue weighted by molar-refractivity contribution is 0.609. The Hall–Kier alpha value is -0.540. The molecule has 2 nitrogen and oxygen atoms in total. The summed E-state index contributed by atoms with van der Waals surface area (Å²) in [4.78, 5) is 0.126. The lowest BCUT2D eigenvalue weighted by atomic mass is 10.2. The topological polar surface area (TPSA) is 34.1 Å². The van der Waals surface area contributed by atoms with Crippen molar-refractivity contribution in [1.29, 1.82) is 0 Å². The summed E-state index contributed by atoms with van der Waals surface area (Å²) in [6.45, 7) is 3.67. The lowest BCUT2D eigenvalue weighted by Gasteiger charge is -1.97. The van der Waals surface area contributed by atoms with Gasteiger partial charge in [-0.05, 0) is 31.0 Å². The van der Waals surface area contributed by atoms with Gasteiger partial charge in [0.15, 0.2) is 0 Å². The first-order valence-corrected chi connectivity index (χ1v) is 5.68. The summed E-state index contributed by atoms with van der Waals surface area (Å²) in [5.41, 5.74) is 0.985. The number of benzene rings is 1. The molecule has 0 bridgehead atoms. The Morgan fingerprint density at radius 2 is 1.75 bits per heavy atom. The molecule has 0 spiro atoms. The van der Waals surface area contributed by atoms with Crippen molar-refractivity contribution in [3.05, 3.63) is 36.8 Å². The van der Waals surface area contributed by atoms with E-state index < -0.39 is 9.05 Å². The molecule has 0 saturated carbocycles. The molecule has 0 aromatic heterocycles. The van der Waals surface area contributed by atoms with Gasteiger partial charge in [0.1, 0.15) is 0 Å². The van der Waals surface area contributed by atoms with Gasteiger partial charge in [-0.2, -0.15) is 0 Å². The predicted molar refractivity (Wildman–Crippen MR) is 48.5 cm³/mol. The van der Waals surface area contributed by atoms with Crippen LogP contribution in [0.4, 0.5) is 0 Å². The zero-order chi connectivity index (χ0) is 9.19. The Bertz CT molecular complexity index is 353. The third-order valence-corrected chi connectivity index (χ3v) is 2.86. The molecule has 0 aliphatic carbocycles. The second-order valence-corrected chi connectivity index (χ2v) is 4.90. The number of hydrogen-bond donors (Lipinski definition) is 0. The maximum Gasteiger partial charge on any atom is 0.261 e. The van der Waals surface area contributed by atoms with Crippen molar-refractivity contribution >= 4 is 19.7 Å². The largest absolute Gasteiger partial charge is 0.261 e. The van der Waals surface area contributed by atoms with E-state index in [1.54, 1.807) is 12.1 Å². The summed E-state index contributed by atoms with van der Waals surface area (Å²) in [7, 11) is 1.53. The molecule has 0 heterocycles. The highest BCUT2D eigenvalue weighted by Gasteiger charge is 2.07. The molecule has 0 amide bonds. The molecule has 65 valence electrons. The molecule has 4 heteroatoms. The van der Waals surface area contributed by atoms with E-state index in [0.717, 1.165) is 5.56 Å². The zero-order valence-electron chi connectivity index (χ0n) is 6.33. The summed E-state index contributed by atoms with van der Waals surface area (Å²) >= 11 is 0. The third-order valence-electron chi connectivity index (χ3n) is 1.49. The van der Waals surface area contributed by atoms with Gasteiger partial charge in [0.2, 0.25) is 0 Å². The Labute approximate surface area is 76.6 Å². The van der Waals surface area contributed by atoms with E-state index in [9.17, 15) is 8.42 Å². The number of rotatable bonds is 2. The second-order valence-electron chi connectivity index (χ2n) is 2.33. The lowest BCUT2D eigenvalue weighted by Crippen LogP contribution is -1.90. The minimum Gasteiger partial charge on any atom is -0.207 e. The van der Waals surface area contributed by atoms with E-state index in [-0.39, 0.29) is 4.90 Å². The molecular weight excluding hydrogens is 196 g/mol. The van der Waals surface area contributed by atoms with Gasteiger partial charge in [-0.25, -0.2) is 8.42 Å². The van der Waals surface area contributed by atoms with Gasteiger partial charge in [0.05, 0.1) is 4.90 Å². The quantitative estimate of drug-likeness (QED) is 0.689. The molecule has 0 fully saturated rings. The minimum atomic E-state index is -3.58. The van der Waals surface area contributed by atoms with Crippen LogP contribution in [0.15, 0.2) is 29.2 Å². The average molecular weight is 204 g/mol. The molecule has 12 heavy (non-hydrogen) atoms. The molecule has 1 aromatic carbocycles. The molecule has 0 saturated heterocycles. The Kier molecular flexibility index (Phi) is 2.75. The summed E-state index contributed by atoms with van der Waals surface area (Å²) in [6, 6.07) is 6.34. The fourth-order valence-electron chi connectivity index (χ4n) is 0.819. The van der Waals surface area contributed by atoms with Crippen LogP contribution < -0.4 is 0 Å². The highest BCUT2D eigenvalue weighted by atomic mass is 35.7. The van der Waals surface area contributed by atoms with Gasteiger partial charge < -0.3 is 0 Å². The van der Waals surface area contributed by atoms with Crippen molar-refractivity contribution in [3.8, 4) is 0 Å². The normalized spacial score (nSPS) is 11.5. The second kappa shape index (κ2) is 3.46. The van der Waals surface area contributed by atoms with Crippen LogP contribution in [0.5, 0.6) is 0 Å². The summed E-state index contributed by atoms with van der Waals surface area (Å²) < 4.78 is 21.6. The number of hydrogen-bond acceptors (Lipinski definition) is 2. The maximum absolute atomic E-state index is 10.8. The van der Waals surface area contributed by atoms with Crippen LogP contribution in [0, 0.1) is 6.92 Å². The Balaban J connectivity index is 3.09. The van der Waals surface area contributed by atoms with Gasteiger partial charge in [-0.15, -0.1) is 0 Å². The Morgan fingerprint density at radius 3 is 2.08 bits per heavy atom. The standard InChI is InChI=1S/C8H8ClO2S/c1-2-7-3-5-8(6-4-7)12(9,10)11/h3-6H,1-2H2. The molecule has 0 unspecified atom stereocenters. The molecule has 0 aliphatic rings. The van der Waals surface area contributed by atoms with Crippen LogP contribution >= 0.6 is 10.7 Å². The highest BCUT2D eigenvalue weighted by molar-refractivity contribution is 8.13. The van der Waals surface area contributed by atoms with Gasteiger partial charge in [-0.3, -0.25) is 0 Å². The van der Waals surface area contributed by atoms with Crippen LogP contribution in [0.3, 0.4) is 0 Å². The van der Waals surface area contributed by atoms with Crippen molar-refractivity contribution in [2.75, 3.05) is 0 Å². The van der Waals surface area contributed by atoms with Crippen molar-refractivity contribution in [1.82, 2.24) is 0 Å². The zero-order valence-corrected chi connectivity index (χ0v) is 7.90. The highest BCUT2D eigenvalue weighted by Crippen LogP contribution is 2.15. The SMILES string of the molecule is [CH2]Cc1ccc(S(=O)(=O)Cl)cc1. The first kappa shape index (κ1) is 9.55. The van der Waals surface area contributed by atoms with Crippen molar-refractivity contribution in [2.24, 2.45) is 0 Å². The van der Waals surface area contributed by atoms with E-state index >= 15 is 0 Å². The third kappa shape index (κ3) is 2.22. The van der Waals surface area contributed by atoms with Crippen molar-refractivity contribution in [3.63, 3.8) is 0 Å². The molecule has 1 radical (unpaired) electrons. The van der Waals surface area contributed by atoms with Gasteiger partial charge in [0.25, 0.3) is 9.05 Å². The summed E-state index contributed by atoms with van der Waals surface area (Å²) in [5.74, 6) is 0. The van der Waals surface area contributed by atoms with E-state index in [1.807, 2.05) is 0 Å². The monoisotopic (exact) mass is 203 g/mol. The van der Waals surface area contributed by atoms with E-state index in [2.05, 4.69) is 6.92 Å². The van der Waals surface area contributed by atoms with E-state index in [4.69, 9.17) is 10.7 Å². The van der Waals surface area contributed by atoms with E-state index in [0.29, 0.717) is 6.42 Å². The molecule has 1 rings (SSSR count). The number of halogens is 1. The summed E-state index contributed by atoms with van der Waals surface area (Å²) in [5, 5.41) is 0. The first-order valence-electron chi connectivity index (χ1n) is 3.37. The van der Waals surface area contributed by atoms with Gasteiger partial charge >= 0.3 is 0 Å². The average Bonchev–Trinajstić information content (AvgIpc) is 2.03. The molecular formula is C8H8ClO2S. The molecule has 0 aliphatic heterocycles. The Morgan fingerprint density at radius 1 is 1.25 bits per heavy atom. The maximum atomic E-state index is 10.8. The predicted octanol–water partition coefficient (Wildman–Crippen LogP) is 1.99. The van der Waals surface area contributed by atoms with Crippen LogP contribution in [0.2, 0.25) is 0 Å². The van der Waals surface area contributed by atoms with Crippen molar-refractivity contribution in [2.45, 2.75) is 11.3 Å². The fourth-order valence-corrected chi connectivity index (χ4v) is 1.59. The van der Waals surface area contributed by atoms with Crippen LogP contribution in [0.1, 0.15) is 5.56 Å².